The number of carbonyl (C=O) groups excluding carboxylic acids is 1. The molecule has 0 radical (unpaired) electrons. The highest BCUT2D eigenvalue weighted by Gasteiger charge is 2.41. The maximum atomic E-state index is 13.0. The first-order valence-electron chi connectivity index (χ1n) is 6.46. The third-order valence-electron chi connectivity index (χ3n) is 3.58. The molecule has 0 atom stereocenters. The number of amides is 1. The van der Waals surface area contributed by atoms with E-state index in [1.807, 2.05) is 0 Å². The highest BCUT2D eigenvalue weighted by molar-refractivity contribution is 6.32. The Morgan fingerprint density at radius 1 is 1.29 bits per heavy atom. The summed E-state index contributed by atoms with van der Waals surface area (Å²) in [6.07, 6.45) is -2.89. The van der Waals surface area contributed by atoms with Crippen molar-refractivity contribution in [1.29, 1.82) is 0 Å². The molecule has 21 heavy (non-hydrogen) atoms. The maximum Gasteiger partial charge on any atom is 0.391 e. The standard InChI is InChI=1S/C13H13ClF4N2O/c14-11-10(5-8(15)6-19-11)12(21)20-9-3-1-7(2-4-9)13(16,17)18/h5-7,9H,1-4H2,(H,20,21). The number of pyridine rings is 1. The molecule has 116 valence electrons. The lowest BCUT2D eigenvalue weighted by Crippen LogP contribution is -2.40. The molecule has 8 heteroatoms. The lowest BCUT2D eigenvalue weighted by Gasteiger charge is -2.30. The second kappa shape index (κ2) is 6.17. The van der Waals surface area contributed by atoms with Gasteiger partial charge in [-0.2, -0.15) is 13.2 Å². The first-order valence-corrected chi connectivity index (χ1v) is 6.84. The minimum atomic E-state index is -4.19. The minimum Gasteiger partial charge on any atom is -0.349 e. The molecule has 0 unspecified atom stereocenters. The van der Waals surface area contributed by atoms with Crippen molar-refractivity contribution in [1.82, 2.24) is 10.3 Å². The van der Waals surface area contributed by atoms with Crippen LogP contribution in [-0.4, -0.2) is 23.1 Å². The molecule has 1 saturated carbocycles. The van der Waals surface area contributed by atoms with Gasteiger partial charge in [0.1, 0.15) is 11.0 Å². The predicted molar refractivity (Wildman–Crippen MR) is 68.5 cm³/mol. The SMILES string of the molecule is O=C(NC1CCC(C(F)(F)F)CC1)c1cc(F)cnc1Cl. The van der Waals surface area contributed by atoms with E-state index < -0.39 is 23.8 Å². The van der Waals surface area contributed by atoms with Crippen LogP contribution >= 0.6 is 11.6 Å². The van der Waals surface area contributed by atoms with Gasteiger partial charge in [-0.25, -0.2) is 9.37 Å². The number of nitrogens with one attached hydrogen (secondary N) is 1. The molecular formula is C13H13ClF4N2O. The Morgan fingerprint density at radius 3 is 2.48 bits per heavy atom. The fraction of sp³-hybridized carbons (Fsp3) is 0.538. The Morgan fingerprint density at radius 2 is 1.90 bits per heavy atom. The molecule has 1 N–H and O–H groups in total. The molecule has 1 aliphatic carbocycles. The Bertz CT molecular complexity index is 527. The number of carbonyl (C=O) groups is 1. The van der Waals surface area contributed by atoms with Crippen molar-refractivity contribution >= 4 is 17.5 Å². The predicted octanol–water partition coefficient (Wildman–Crippen LogP) is 3.73. The lowest BCUT2D eigenvalue weighted by molar-refractivity contribution is -0.182. The molecular weight excluding hydrogens is 312 g/mol. The van der Waals surface area contributed by atoms with Crippen molar-refractivity contribution in [3.05, 3.63) is 28.8 Å². The van der Waals surface area contributed by atoms with Crippen LogP contribution < -0.4 is 5.32 Å². The zero-order valence-corrected chi connectivity index (χ0v) is 11.6. The van der Waals surface area contributed by atoms with Gasteiger partial charge in [0.25, 0.3) is 5.91 Å². The summed E-state index contributed by atoms with van der Waals surface area (Å²) in [6, 6.07) is 0.585. The Balaban J connectivity index is 1.94. The fourth-order valence-corrected chi connectivity index (χ4v) is 2.60. The molecule has 1 amide bonds. The number of hydrogen-bond donors (Lipinski definition) is 1. The molecule has 1 aromatic rings. The monoisotopic (exact) mass is 324 g/mol. The highest BCUT2D eigenvalue weighted by Crippen LogP contribution is 2.37. The van der Waals surface area contributed by atoms with E-state index in [1.165, 1.54) is 0 Å². The molecule has 0 bridgehead atoms. The Kier molecular flexibility index (Phi) is 4.70. The van der Waals surface area contributed by atoms with Gasteiger partial charge in [0.15, 0.2) is 0 Å². The van der Waals surface area contributed by atoms with Gasteiger partial charge in [0.2, 0.25) is 0 Å². The maximum absolute atomic E-state index is 13.0. The van der Waals surface area contributed by atoms with Gasteiger partial charge in [0, 0.05) is 6.04 Å². The summed E-state index contributed by atoms with van der Waals surface area (Å²) in [6.45, 7) is 0. The van der Waals surface area contributed by atoms with Crippen LogP contribution in [0.2, 0.25) is 5.15 Å². The highest BCUT2D eigenvalue weighted by atomic mass is 35.5. The summed E-state index contributed by atoms with van der Waals surface area (Å²) >= 11 is 5.70. The van der Waals surface area contributed by atoms with Crippen molar-refractivity contribution in [2.45, 2.75) is 37.9 Å². The zero-order valence-electron chi connectivity index (χ0n) is 10.9. The van der Waals surface area contributed by atoms with Crippen molar-refractivity contribution in [3.8, 4) is 0 Å². The van der Waals surface area contributed by atoms with E-state index in [2.05, 4.69) is 10.3 Å². The van der Waals surface area contributed by atoms with Crippen LogP contribution in [-0.2, 0) is 0 Å². The second-order valence-corrected chi connectivity index (χ2v) is 5.41. The zero-order chi connectivity index (χ0) is 15.6. The molecule has 0 aliphatic heterocycles. The largest absolute Gasteiger partial charge is 0.391 e. The van der Waals surface area contributed by atoms with Crippen LogP contribution in [0, 0.1) is 11.7 Å². The molecule has 2 rings (SSSR count). The van der Waals surface area contributed by atoms with Crippen molar-refractivity contribution in [2.24, 2.45) is 5.92 Å². The van der Waals surface area contributed by atoms with Gasteiger partial charge in [-0.3, -0.25) is 4.79 Å². The van der Waals surface area contributed by atoms with Gasteiger partial charge in [-0.15, -0.1) is 0 Å². The Labute approximate surface area is 123 Å². The lowest BCUT2D eigenvalue weighted by atomic mass is 9.85. The third-order valence-corrected chi connectivity index (χ3v) is 3.88. The van der Waals surface area contributed by atoms with E-state index in [4.69, 9.17) is 11.6 Å². The van der Waals surface area contributed by atoms with Crippen LogP contribution in [0.25, 0.3) is 0 Å². The average molecular weight is 325 g/mol. The number of halogens is 5. The number of nitrogens with zero attached hydrogens (tertiary/aromatic N) is 1. The van der Waals surface area contributed by atoms with E-state index in [-0.39, 0.29) is 42.4 Å². The minimum absolute atomic E-state index is 0.0242. The Hall–Kier alpha value is -1.37. The second-order valence-electron chi connectivity index (χ2n) is 5.06. The summed E-state index contributed by atoms with van der Waals surface area (Å²) in [5.41, 5.74) is -0.116. The van der Waals surface area contributed by atoms with Gasteiger partial charge >= 0.3 is 6.18 Å². The average Bonchev–Trinajstić information content (AvgIpc) is 2.41. The molecule has 1 aromatic heterocycles. The van der Waals surface area contributed by atoms with Crippen LogP contribution in [0.15, 0.2) is 12.3 Å². The van der Waals surface area contributed by atoms with Crippen molar-refractivity contribution in [3.63, 3.8) is 0 Å². The van der Waals surface area contributed by atoms with Gasteiger partial charge < -0.3 is 5.32 Å². The van der Waals surface area contributed by atoms with E-state index in [9.17, 15) is 22.4 Å². The normalized spacial score (nSPS) is 22.9. The van der Waals surface area contributed by atoms with Crippen LogP contribution in [0.3, 0.4) is 0 Å². The number of rotatable bonds is 2. The van der Waals surface area contributed by atoms with Gasteiger partial charge in [0.05, 0.1) is 17.7 Å². The molecule has 0 spiro atoms. The quantitative estimate of drug-likeness (QED) is 0.665. The topological polar surface area (TPSA) is 42.0 Å². The van der Waals surface area contributed by atoms with Crippen LogP contribution in [0.1, 0.15) is 36.0 Å². The molecule has 3 nitrogen and oxygen atoms in total. The smallest absolute Gasteiger partial charge is 0.349 e. The molecule has 0 saturated heterocycles. The molecule has 0 aromatic carbocycles. The molecule has 1 heterocycles. The molecule has 1 aliphatic rings. The van der Waals surface area contributed by atoms with E-state index in [0.29, 0.717) is 0 Å². The summed E-state index contributed by atoms with van der Waals surface area (Å²) in [7, 11) is 0. The number of hydrogen-bond acceptors (Lipinski definition) is 2. The van der Waals surface area contributed by atoms with E-state index >= 15 is 0 Å². The molecule has 1 fully saturated rings. The van der Waals surface area contributed by atoms with E-state index in [1.54, 1.807) is 0 Å². The first-order chi connectivity index (χ1) is 9.77. The summed E-state index contributed by atoms with van der Waals surface area (Å²) in [4.78, 5) is 15.5. The number of alkyl halides is 3. The third kappa shape index (κ3) is 4.06. The summed E-state index contributed by atoms with van der Waals surface area (Å²) in [5, 5.41) is 2.44. The van der Waals surface area contributed by atoms with Crippen LogP contribution in [0.4, 0.5) is 17.6 Å². The fourth-order valence-electron chi connectivity index (χ4n) is 2.41. The first kappa shape index (κ1) is 16.0. The van der Waals surface area contributed by atoms with Gasteiger partial charge in [-0.05, 0) is 31.7 Å². The summed E-state index contributed by atoms with van der Waals surface area (Å²) < 4.78 is 50.7. The van der Waals surface area contributed by atoms with Crippen molar-refractivity contribution < 1.29 is 22.4 Å². The number of aromatic nitrogens is 1. The summed E-state index contributed by atoms with van der Waals surface area (Å²) in [5.74, 6) is -2.64. The van der Waals surface area contributed by atoms with E-state index in [0.717, 1.165) is 12.3 Å². The van der Waals surface area contributed by atoms with Crippen molar-refractivity contribution in [2.75, 3.05) is 0 Å². The van der Waals surface area contributed by atoms with Crippen LogP contribution in [0.5, 0.6) is 0 Å². The van der Waals surface area contributed by atoms with Gasteiger partial charge in [-0.1, -0.05) is 11.6 Å².